The first-order chi connectivity index (χ1) is 10.6. The molecule has 3 aromatic heterocycles. The Morgan fingerprint density at radius 1 is 1.32 bits per heavy atom. The highest BCUT2D eigenvalue weighted by Gasteiger charge is 2.19. The van der Waals surface area contributed by atoms with Crippen LogP contribution in [0.5, 0.6) is 0 Å². The van der Waals surface area contributed by atoms with Crippen molar-refractivity contribution in [3.8, 4) is 0 Å². The lowest BCUT2D eigenvalue weighted by molar-refractivity contribution is 0.372. The first-order valence-electron chi connectivity index (χ1n) is 7.04. The van der Waals surface area contributed by atoms with E-state index in [0.717, 1.165) is 16.7 Å². The van der Waals surface area contributed by atoms with Crippen molar-refractivity contribution in [1.29, 1.82) is 0 Å². The monoisotopic (exact) mass is 319 g/mol. The highest BCUT2D eigenvalue weighted by molar-refractivity contribution is 7.99. The number of nitrogens with zero attached hydrogens (tertiary/aromatic N) is 5. The van der Waals surface area contributed by atoms with Crippen LogP contribution in [0, 0.1) is 0 Å². The minimum atomic E-state index is -0.000416. The third kappa shape index (κ3) is 3.22. The molecule has 0 aromatic carbocycles. The largest absolute Gasteiger partial charge is 0.467 e. The molecule has 22 heavy (non-hydrogen) atoms. The summed E-state index contributed by atoms with van der Waals surface area (Å²) in [5.74, 6) is 2.42. The summed E-state index contributed by atoms with van der Waals surface area (Å²) in [5, 5.41) is 12.9. The number of thioether (sulfide) groups is 1. The van der Waals surface area contributed by atoms with Crippen molar-refractivity contribution in [2.24, 2.45) is 0 Å². The van der Waals surface area contributed by atoms with Gasteiger partial charge in [-0.3, -0.25) is 0 Å². The second kappa shape index (κ2) is 6.35. The molecule has 0 spiro atoms. The Hall–Kier alpha value is -2.09. The summed E-state index contributed by atoms with van der Waals surface area (Å²) in [7, 11) is 0. The van der Waals surface area contributed by atoms with Crippen molar-refractivity contribution < 1.29 is 8.94 Å². The number of rotatable bonds is 6. The van der Waals surface area contributed by atoms with E-state index in [1.807, 2.05) is 37.5 Å². The molecule has 116 valence electrons. The van der Waals surface area contributed by atoms with Gasteiger partial charge in [-0.1, -0.05) is 30.8 Å². The molecule has 1 atom stereocenters. The second-order valence-corrected chi connectivity index (χ2v) is 6.53. The number of hydrogen-bond acceptors (Lipinski definition) is 7. The molecule has 3 aromatic rings. The highest BCUT2D eigenvalue weighted by atomic mass is 32.2. The molecule has 0 amide bonds. The molecule has 8 heteroatoms. The Balaban J connectivity index is 1.71. The number of aromatic nitrogens is 5. The summed E-state index contributed by atoms with van der Waals surface area (Å²) in [6.07, 6.45) is 3.34. The smallest absolute Gasteiger partial charge is 0.239 e. The van der Waals surface area contributed by atoms with Gasteiger partial charge >= 0.3 is 0 Å². The Kier molecular flexibility index (Phi) is 4.28. The summed E-state index contributed by atoms with van der Waals surface area (Å²) >= 11 is 1.53. The van der Waals surface area contributed by atoms with Gasteiger partial charge in [0.1, 0.15) is 12.1 Å². The van der Waals surface area contributed by atoms with E-state index in [1.54, 1.807) is 12.6 Å². The van der Waals surface area contributed by atoms with Crippen molar-refractivity contribution in [1.82, 2.24) is 24.9 Å². The highest BCUT2D eigenvalue weighted by Crippen LogP contribution is 2.33. The maximum Gasteiger partial charge on any atom is 0.239 e. The van der Waals surface area contributed by atoms with Gasteiger partial charge in [-0.2, -0.15) is 4.98 Å². The van der Waals surface area contributed by atoms with Crippen molar-refractivity contribution in [2.75, 3.05) is 0 Å². The Bertz CT molecular complexity index is 719. The maximum absolute atomic E-state index is 5.35. The lowest BCUT2D eigenvalue weighted by Gasteiger charge is -2.07. The van der Waals surface area contributed by atoms with Gasteiger partial charge in [0.05, 0.1) is 18.1 Å². The van der Waals surface area contributed by atoms with Gasteiger partial charge in [0.2, 0.25) is 5.89 Å². The zero-order valence-corrected chi connectivity index (χ0v) is 13.4. The lowest BCUT2D eigenvalue weighted by Crippen LogP contribution is -2.01. The quantitative estimate of drug-likeness (QED) is 0.645. The van der Waals surface area contributed by atoms with Gasteiger partial charge in [0.15, 0.2) is 11.0 Å². The van der Waals surface area contributed by atoms with E-state index in [9.17, 15) is 0 Å². The van der Waals surface area contributed by atoms with Crippen molar-refractivity contribution in [2.45, 2.75) is 43.6 Å². The van der Waals surface area contributed by atoms with Crippen LogP contribution in [0.2, 0.25) is 0 Å². The van der Waals surface area contributed by atoms with Crippen molar-refractivity contribution in [3.63, 3.8) is 0 Å². The van der Waals surface area contributed by atoms with Gasteiger partial charge in [0, 0.05) is 5.92 Å². The molecule has 0 aliphatic rings. The minimum absolute atomic E-state index is 0.000416. The summed E-state index contributed by atoms with van der Waals surface area (Å²) < 4.78 is 12.6. The molecule has 0 bridgehead atoms. The van der Waals surface area contributed by atoms with Crippen molar-refractivity contribution in [3.05, 3.63) is 42.2 Å². The van der Waals surface area contributed by atoms with Crippen LogP contribution in [0.15, 0.2) is 38.8 Å². The Morgan fingerprint density at radius 3 is 2.86 bits per heavy atom. The van der Waals surface area contributed by atoms with E-state index in [2.05, 4.69) is 20.3 Å². The van der Waals surface area contributed by atoms with Gasteiger partial charge in [-0.15, -0.1) is 10.2 Å². The fourth-order valence-corrected chi connectivity index (χ4v) is 2.72. The van der Waals surface area contributed by atoms with Gasteiger partial charge in [-0.05, 0) is 19.1 Å². The topological polar surface area (TPSA) is 82.8 Å². The normalized spacial score (nSPS) is 12.9. The summed E-state index contributed by atoms with van der Waals surface area (Å²) in [6, 6.07) is 3.78. The first-order valence-corrected chi connectivity index (χ1v) is 7.91. The minimum Gasteiger partial charge on any atom is -0.467 e. The predicted octanol–water partition coefficient (Wildman–Crippen LogP) is 3.28. The molecule has 0 aliphatic heterocycles. The molecule has 0 saturated heterocycles. The van der Waals surface area contributed by atoms with Crippen LogP contribution in [-0.2, 0) is 6.54 Å². The number of furan rings is 1. The second-order valence-electron chi connectivity index (χ2n) is 5.23. The van der Waals surface area contributed by atoms with Gasteiger partial charge in [-0.25, -0.2) is 0 Å². The fourth-order valence-electron chi connectivity index (χ4n) is 1.87. The van der Waals surface area contributed by atoms with Crippen LogP contribution < -0.4 is 0 Å². The molecular formula is C14H17N5O2S. The summed E-state index contributed by atoms with van der Waals surface area (Å²) in [4.78, 5) is 4.42. The first kappa shape index (κ1) is 14.8. The van der Waals surface area contributed by atoms with Gasteiger partial charge < -0.3 is 13.5 Å². The van der Waals surface area contributed by atoms with Crippen LogP contribution in [0.3, 0.4) is 0 Å². The molecule has 3 heterocycles. The fraction of sp³-hybridized carbons (Fsp3) is 0.429. The molecule has 0 radical (unpaired) electrons. The van der Waals surface area contributed by atoms with Crippen LogP contribution >= 0.6 is 11.8 Å². The summed E-state index contributed by atoms with van der Waals surface area (Å²) in [6.45, 7) is 6.67. The molecular weight excluding hydrogens is 302 g/mol. The lowest BCUT2D eigenvalue weighted by atomic mass is 10.2. The average molecular weight is 319 g/mol. The summed E-state index contributed by atoms with van der Waals surface area (Å²) in [5.41, 5.74) is 0. The molecule has 0 N–H and O–H groups in total. The molecule has 0 fully saturated rings. The molecule has 3 rings (SSSR count). The molecule has 7 nitrogen and oxygen atoms in total. The van der Waals surface area contributed by atoms with E-state index < -0.39 is 0 Å². The van der Waals surface area contributed by atoms with E-state index >= 15 is 0 Å². The zero-order valence-electron chi connectivity index (χ0n) is 12.6. The van der Waals surface area contributed by atoms with Crippen LogP contribution in [0.4, 0.5) is 0 Å². The molecule has 0 saturated carbocycles. The zero-order chi connectivity index (χ0) is 15.5. The average Bonchev–Trinajstić information content (AvgIpc) is 3.21. The van der Waals surface area contributed by atoms with E-state index in [1.165, 1.54) is 11.8 Å². The van der Waals surface area contributed by atoms with Crippen LogP contribution in [-0.4, -0.2) is 24.9 Å². The van der Waals surface area contributed by atoms with Gasteiger partial charge in [0.25, 0.3) is 0 Å². The third-order valence-electron chi connectivity index (χ3n) is 3.09. The third-order valence-corrected chi connectivity index (χ3v) is 4.17. The molecule has 0 aliphatic carbocycles. The SMILES string of the molecule is CC(C)c1noc(C(C)Sc2nncn2Cc2ccco2)n1. The predicted molar refractivity (Wildman–Crippen MR) is 80.5 cm³/mol. The number of hydrogen-bond donors (Lipinski definition) is 0. The Morgan fingerprint density at radius 2 is 2.18 bits per heavy atom. The van der Waals surface area contributed by atoms with Crippen LogP contribution in [0.25, 0.3) is 0 Å². The van der Waals surface area contributed by atoms with Crippen LogP contribution in [0.1, 0.15) is 49.4 Å². The van der Waals surface area contributed by atoms with E-state index in [4.69, 9.17) is 8.94 Å². The maximum atomic E-state index is 5.35. The standard InChI is InChI=1S/C14H17N5O2S/c1-9(2)12-16-13(21-18-12)10(3)22-14-17-15-8-19(14)7-11-5-4-6-20-11/h4-6,8-10H,7H2,1-3H3. The molecule has 1 unspecified atom stereocenters. The Labute approximate surface area is 132 Å². The van der Waals surface area contributed by atoms with Crippen molar-refractivity contribution >= 4 is 11.8 Å². The van der Waals surface area contributed by atoms with E-state index in [0.29, 0.717) is 12.4 Å². The van der Waals surface area contributed by atoms with E-state index in [-0.39, 0.29) is 11.2 Å².